The first-order valence-electron chi connectivity index (χ1n) is 7.76. The second-order valence-corrected chi connectivity index (χ2v) is 6.04. The zero-order valence-corrected chi connectivity index (χ0v) is 13.0. The normalized spacial score (nSPS) is 22.0. The molecule has 0 radical (unpaired) electrons. The predicted molar refractivity (Wildman–Crippen MR) is 84.4 cm³/mol. The third-order valence-corrected chi connectivity index (χ3v) is 4.25. The third kappa shape index (κ3) is 5.38. The third-order valence-electron chi connectivity index (χ3n) is 4.25. The molecule has 4 heteroatoms. The average Bonchev–Trinajstić information content (AvgIpc) is 2.52. The number of rotatable bonds is 6. The van der Waals surface area contributed by atoms with Crippen LogP contribution in [-0.4, -0.2) is 44.1 Å². The van der Waals surface area contributed by atoms with E-state index < -0.39 is 0 Å². The van der Waals surface area contributed by atoms with Gasteiger partial charge >= 0.3 is 0 Å². The van der Waals surface area contributed by atoms with Crippen molar-refractivity contribution in [1.82, 2.24) is 10.2 Å². The van der Waals surface area contributed by atoms with E-state index in [9.17, 15) is 4.79 Å². The Balaban J connectivity index is 1.61. The Kier molecular flexibility index (Phi) is 6.05. The van der Waals surface area contributed by atoms with Crippen molar-refractivity contribution in [3.63, 3.8) is 0 Å². The molecule has 0 unspecified atom stereocenters. The summed E-state index contributed by atoms with van der Waals surface area (Å²) in [4.78, 5) is 14.1. The number of nitrogens with one attached hydrogen (secondary N) is 1. The second-order valence-electron chi connectivity index (χ2n) is 6.04. The van der Waals surface area contributed by atoms with E-state index in [-0.39, 0.29) is 12.5 Å². The molecule has 0 spiro atoms. The van der Waals surface area contributed by atoms with Gasteiger partial charge in [0.1, 0.15) is 5.75 Å². The van der Waals surface area contributed by atoms with Gasteiger partial charge in [0.25, 0.3) is 5.91 Å². The number of amides is 1. The van der Waals surface area contributed by atoms with E-state index in [1.165, 1.54) is 25.7 Å². The van der Waals surface area contributed by atoms with E-state index in [1.807, 2.05) is 30.3 Å². The fourth-order valence-electron chi connectivity index (χ4n) is 2.84. The molecule has 4 nitrogen and oxygen atoms in total. The number of para-hydroxylation sites is 1. The number of nitrogens with zero attached hydrogens (tertiary/aromatic N) is 1. The van der Waals surface area contributed by atoms with Gasteiger partial charge in [0, 0.05) is 12.6 Å². The van der Waals surface area contributed by atoms with Crippen molar-refractivity contribution in [2.75, 3.05) is 27.2 Å². The van der Waals surface area contributed by atoms with Crippen molar-refractivity contribution in [1.29, 1.82) is 0 Å². The van der Waals surface area contributed by atoms with Gasteiger partial charge in [-0.15, -0.1) is 0 Å². The Morgan fingerprint density at radius 1 is 1.19 bits per heavy atom. The molecule has 21 heavy (non-hydrogen) atoms. The van der Waals surface area contributed by atoms with Crippen molar-refractivity contribution >= 4 is 5.91 Å². The summed E-state index contributed by atoms with van der Waals surface area (Å²) in [6, 6.07) is 10.1. The smallest absolute Gasteiger partial charge is 0.257 e. The fourth-order valence-corrected chi connectivity index (χ4v) is 2.84. The number of hydrogen-bond acceptors (Lipinski definition) is 3. The highest BCUT2D eigenvalue weighted by Gasteiger charge is 2.22. The van der Waals surface area contributed by atoms with Gasteiger partial charge in [-0.25, -0.2) is 0 Å². The average molecular weight is 290 g/mol. The molecule has 0 aliphatic heterocycles. The van der Waals surface area contributed by atoms with Gasteiger partial charge < -0.3 is 15.0 Å². The molecule has 116 valence electrons. The van der Waals surface area contributed by atoms with Gasteiger partial charge in [0.05, 0.1) is 0 Å². The van der Waals surface area contributed by atoms with Crippen LogP contribution in [0, 0.1) is 5.92 Å². The van der Waals surface area contributed by atoms with Crippen LogP contribution < -0.4 is 10.1 Å². The highest BCUT2D eigenvalue weighted by molar-refractivity contribution is 5.77. The van der Waals surface area contributed by atoms with Crippen molar-refractivity contribution < 1.29 is 9.53 Å². The summed E-state index contributed by atoms with van der Waals surface area (Å²) in [5.41, 5.74) is 0. The molecular weight excluding hydrogens is 264 g/mol. The van der Waals surface area contributed by atoms with Crippen LogP contribution in [0.15, 0.2) is 30.3 Å². The molecule has 1 aromatic carbocycles. The van der Waals surface area contributed by atoms with Gasteiger partial charge in [-0.3, -0.25) is 4.79 Å². The molecule has 2 rings (SSSR count). The first-order valence-corrected chi connectivity index (χ1v) is 7.76. The summed E-state index contributed by atoms with van der Waals surface area (Å²) < 4.78 is 5.44. The molecule has 0 bridgehead atoms. The molecule has 1 N–H and O–H groups in total. The molecule has 1 aromatic rings. The molecule has 1 fully saturated rings. The van der Waals surface area contributed by atoms with Gasteiger partial charge in [0.2, 0.25) is 0 Å². The maximum Gasteiger partial charge on any atom is 0.257 e. The maximum absolute atomic E-state index is 11.8. The summed E-state index contributed by atoms with van der Waals surface area (Å²) in [6.07, 6.45) is 4.85. The summed E-state index contributed by atoms with van der Waals surface area (Å²) >= 11 is 0. The molecular formula is C17H26N2O2. The Morgan fingerprint density at radius 2 is 1.86 bits per heavy atom. The second kappa shape index (κ2) is 8.03. The first kappa shape index (κ1) is 15.8. The van der Waals surface area contributed by atoms with Crippen LogP contribution in [-0.2, 0) is 4.79 Å². The zero-order valence-electron chi connectivity index (χ0n) is 13.0. The lowest BCUT2D eigenvalue weighted by Crippen LogP contribution is -2.37. The highest BCUT2D eigenvalue weighted by atomic mass is 16.5. The number of hydrogen-bond donors (Lipinski definition) is 1. The van der Waals surface area contributed by atoms with E-state index in [0.29, 0.717) is 12.0 Å². The van der Waals surface area contributed by atoms with E-state index in [4.69, 9.17) is 4.74 Å². The van der Waals surface area contributed by atoms with Gasteiger partial charge in [-0.05, 0) is 57.8 Å². The molecule has 0 heterocycles. The minimum absolute atomic E-state index is 0.0337. The molecule has 0 aromatic heterocycles. The van der Waals surface area contributed by atoms with E-state index in [1.54, 1.807) is 0 Å². The lowest BCUT2D eigenvalue weighted by Gasteiger charge is -2.32. The standard InChI is InChI=1S/C17H26N2O2/c1-19(2)15-10-8-14(9-11-15)12-18-17(20)13-21-16-6-4-3-5-7-16/h3-7,14-15H,8-13H2,1-2H3,(H,18,20). The van der Waals surface area contributed by atoms with Crippen LogP contribution in [0.2, 0.25) is 0 Å². The van der Waals surface area contributed by atoms with Crippen LogP contribution in [0.3, 0.4) is 0 Å². The van der Waals surface area contributed by atoms with Crippen LogP contribution in [0.5, 0.6) is 5.75 Å². The lowest BCUT2D eigenvalue weighted by atomic mass is 9.85. The minimum atomic E-state index is -0.0337. The van der Waals surface area contributed by atoms with Crippen molar-refractivity contribution in [3.05, 3.63) is 30.3 Å². The largest absolute Gasteiger partial charge is 0.484 e. The summed E-state index contributed by atoms with van der Waals surface area (Å²) in [6.45, 7) is 0.869. The van der Waals surface area contributed by atoms with Gasteiger partial charge in [0.15, 0.2) is 6.61 Å². The van der Waals surface area contributed by atoms with Crippen molar-refractivity contribution in [2.24, 2.45) is 5.92 Å². The van der Waals surface area contributed by atoms with Crippen LogP contribution in [0.4, 0.5) is 0 Å². The maximum atomic E-state index is 11.8. The number of benzene rings is 1. The summed E-state index contributed by atoms with van der Waals surface area (Å²) in [5.74, 6) is 1.31. The number of ether oxygens (including phenoxy) is 1. The lowest BCUT2D eigenvalue weighted by molar-refractivity contribution is -0.123. The Bertz CT molecular complexity index is 426. The van der Waals surface area contributed by atoms with Gasteiger partial charge in [-0.1, -0.05) is 18.2 Å². The number of carbonyl (C=O) groups is 1. The SMILES string of the molecule is CN(C)C1CCC(CNC(=O)COc2ccccc2)CC1. The summed E-state index contributed by atoms with van der Waals surface area (Å²) in [5, 5.41) is 2.99. The Hall–Kier alpha value is -1.55. The molecule has 0 saturated heterocycles. The zero-order chi connectivity index (χ0) is 15.1. The minimum Gasteiger partial charge on any atom is -0.484 e. The van der Waals surface area contributed by atoms with E-state index in [2.05, 4.69) is 24.3 Å². The quantitative estimate of drug-likeness (QED) is 0.874. The molecule has 0 atom stereocenters. The van der Waals surface area contributed by atoms with E-state index in [0.717, 1.165) is 12.3 Å². The highest BCUT2D eigenvalue weighted by Crippen LogP contribution is 2.25. The van der Waals surface area contributed by atoms with Crippen LogP contribution in [0.1, 0.15) is 25.7 Å². The van der Waals surface area contributed by atoms with Crippen LogP contribution >= 0.6 is 0 Å². The van der Waals surface area contributed by atoms with Gasteiger partial charge in [-0.2, -0.15) is 0 Å². The Labute approximate surface area is 127 Å². The van der Waals surface area contributed by atoms with Crippen molar-refractivity contribution in [2.45, 2.75) is 31.7 Å². The van der Waals surface area contributed by atoms with Crippen molar-refractivity contribution in [3.8, 4) is 5.75 Å². The number of carbonyl (C=O) groups excluding carboxylic acids is 1. The molecule has 1 saturated carbocycles. The fraction of sp³-hybridized carbons (Fsp3) is 0.588. The molecule has 1 amide bonds. The topological polar surface area (TPSA) is 41.6 Å². The molecule has 1 aliphatic rings. The first-order chi connectivity index (χ1) is 10.1. The monoisotopic (exact) mass is 290 g/mol. The summed E-state index contributed by atoms with van der Waals surface area (Å²) in [7, 11) is 4.29. The Morgan fingerprint density at radius 3 is 2.48 bits per heavy atom. The predicted octanol–water partition coefficient (Wildman–Crippen LogP) is 2.30. The van der Waals surface area contributed by atoms with E-state index >= 15 is 0 Å². The molecule has 1 aliphatic carbocycles. The van der Waals surface area contributed by atoms with Crippen LogP contribution in [0.25, 0.3) is 0 Å².